The zero-order valence-electron chi connectivity index (χ0n) is 16.3. The number of piperazine rings is 1. The maximum absolute atomic E-state index is 12.7. The van der Waals surface area contributed by atoms with Crippen LogP contribution in [-0.2, 0) is 13.6 Å². The van der Waals surface area contributed by atoms with E-state index in [0.717, 1.165) is 32.7 Å². The Hall–Kier alpha value is -2.29. The molecule has 0 radical (unpaired) electrons. The van der Waals surface area contributed by atoms with Crippen molar-refractivity contribution in [3.05, 3.63) is 54.6 Å². The predicted molar refractivity (Wildman–Crippen MR) is 115 cm³/mol. The molecule has 3 aromatic rings. The van der Waals surface area contributed by atoms with Gasteiger partial charge in [0.2, 0.25) is 5.95 Å². The van der Waals surface area contributed by atoms with Gasteiger partial charge in [0.1, 0.15) is 0 Å². The van der Waals surface area contributed by atoms with E-state index >= 15 is 0 Å². The topological polar surface area (TPSA) is 79.2 Å². The van der Waals surface area contributed by atoms with Crippen molar-refractivity contribution >= 4 is 40.3 Å². The highest BCUT2D eigenvalue weighted by Crippen LogP contribution is 2.29. The number of imidazole rings is 1. The van der Waals surface area contributed by atoms with Crippen molar-refractivity contribution in [3.8, 4) is 0 Å². The fourth-order valence-electron chi connectivity index (χ4n) is 3.72. The van der Waals surface area contributed by atoms with E-state index in [0.29, 0.717) is 32.7 Å². The highest BCUT2D eigenvalue weighted by molar-refractivity contribution is 6.36. The third kappa shape index (κ3) is 3.56. The van der Waals surface area contributed by atoms with Crippen molar-refractivity contribution in [2.75, 3.05) is 37.6 Å². The number of benzene rings is 1. The lowest BCUT2D eigenvalue weighted by atomic mass is 10.2. The molecule has 1 saturated heterocycles. The number of anilines is 1. The van der Waals surface area contributed by atoms with Crippen LogP contribution in [0.25, 0.3) is 11.2 Å². The number of halogens is 2. The Bertz CT molecular complexity index is 1150. The molecule has 8 nitrogen and oxygen atoms in total. The quantitative estimate of drug-likeness (QED) is 0.675. The van der Waals surface area contributed by atoms with Crippen LogP contribution in [0.3, 0.4) is 0 Å². The van der Waals surface area contributed by atoms with E-state index in [2.05, 4.69) is 21.7 Å². The molecule has 0 aliphatic carbocycles. The number of aromatic amines is 1. The molecule has 3 heterocycles. The fourth-order valence-corrected chi connectivity index (χ4v) is 4.24. The molecule has 154 valence electrons. The zero-order valence-corrected chi connectivity index (χ0v) is 17.8. The molecule has 4 rings (SSSR count). The second kappa shape index (κ2) is 7.85. The van der Waals surface area contributed by atoms with Crippen LogP contribution in [0, 0.1) is 0 Å². The van der Waals surface area contributed by atoms with Crippen LogP contribution in [-0.4, -0.2) is 56.7 Å². The average Bonchev–Trinajstić information content (AvgIpc) is 3.09. The fraction of sp³-hybridized carbons (Fsp3) is 0.421. The van der Waals surface area contributed by atoms with Crippen molar-refractivity contribution in [1.29, 1.82) is 0 Å². The first kappa shape index (κ1) is 20.0. The number of nitrogens with zero attached hydrogens (tertiary/aromatic N) is 5. The molecule has 1 aliphatic rings. The van der Waals surface area contributed by atoms with Gasteiger partial charge in [0.15, 0.2) is 11.2 Å². The SMILES string of the molecule is CCN1CCN(c2nc3c(c(=O)[nH]c(=O)n3C)n2Cc2c(Cl)cccc2Cl)CC1. The summed E-state index contributed by atoms with van der Waals surface area (Å²) in [6.45, 7) is 6.77. The molecule has 0 amide bonds. The Morgan fingerprint density at radius 2 is 1.76 bits per heavy atom. The summed E-state index contributed by atoms with van der Waals surface area (Å²) in [5.74, 6) is 0.637. The Kier molecular flexibility index (Phi) is 5.42. The number of aromatic nitrogens is 4. The first-order valence-corrected chi connectivity index (χ1v) is 10.3. The van der Waals surface area contributed by atoms with Crippen molar-refractivity contribution in [3.63, 3.8) is 0 Å². The minimum atomic E-state index is -0.495. The molecule has 1 aliphatic heterocycles. The van der Waals surface area contributed by atoms with E-state index < -0.39 is 11.2 Å². The molecule has 10 heteroatoms. The van der Waals surface area contributed by atoms with Crippen LogP contribution in [0.15, 0.2) is 27.8 Å². The second-order valence-corrected chi connectivity index (χ2v) is 7.92. The highest BCUT2D eigenvalue weighted by Gasteiger charge is 2.25. The van der Waals surface area contributed by atoms with Gasteiger partial charge in [-0.1, -0.05) is 36.2 Å². The number of nitrogens with one attached hydrogen (secondary N) is 1. The largest absolute Gasteiger partial charge is 0.340 e. The predicted octanol–water partition coefficient (Wildman–Crippen LogP) is 1.92. The van der Waals surface area contributed by atoms with Gasteiger partial charge < -0.3 is 9.80 Å². The van der Waals surface area contributed by atoms with Crippen LogP contribution in [0.1, 0.15) is 12.5 Å². The second-order valence-electron chi connectivity index (χ2n) is 7.11. The standard InChI is InChI=1S/C19H22Cl2N6O2/c1-3-25-7-9-26(10-8-25)18-22-16-15(17(28)23-19(29)24(16)2)27(18)11-12-13(20)5-4-6-14(12)21/h4-6H,3,7-11H2,1-2H3,(H,23,28,29). The summed E-state index contributed by atoms with van der Waals surface area (Å²) in [4.78, 5) is 36.4. The molecule has 0 atom stereocenters. The van der Waals surface area contributed by atoms with E-state index in [9.17, 15) is 9.59 Å². The molecule has 0 unspecified atom stereocenters. The van der Waals surface area contributed by atoms with Gasteiger partial charge in [-0.2, -0.15) is 4.98 Å². The Balaban J connectivity index is 1.89. The van der Waals surface area contributed by atoms with Gasteiger partial charge in [-0.3, -0.25) is 18.9 Å². The van der Waals surface area contributed by atoms with E-state index in [1.165, 1.54) is 4.57 Å². The van der Waals surface area contributed by atoms with Crippen molar-refractivity contribution in [2.45, 2.75) is 13.5 Å². The summed E-state index contributed by atoms with van der Waals surface area (Å²) >= 11 is 12.8. The molecule has 29 heavy (non-hydrogen) atoms. The van der Waals surface area contributed by atoms with Crippen LogP contribution < -0.4 is 16.1 Å². The third-order valence-electron chi connectivity index (χ3n) is 5.47. The van der Waals surface area contributed by atoms with Crippen LogP contribution >= 0.6 is 23.2 Å². The number of H-pyrrole nitrogens is 1. The zero-order chi connectivity index (χ0) is 20.7. The van der Waals surface area contributed by atoms with Crippen LogP contribution in [0.2, 0.25) is 10.0 Å². The summed E-state index contributed by atoms with van der Waals surface area (Å²) in [5, 5.41) is 1.03. The molecule has 0 spiro atoms. The van der Waals surface area contributed by atoms with E-state index in [-0.39, 0.29) is 6.54 Å². The van der Waals surface area contributed by atoms with Gasteiger partial charge in [-0.15, -0.1) is 0 Å². The number of hydrogen-bond acceptors (Lipinski definition) is 5. The van der Waals surface area contributed by atoms with E-state index in [4.69, 9.17) is 28.2 Å². The van der Waals surface area contributed by atoms with E-state index in [1.54, 1.807) is 25.2 Å². The Labute approximate surface area is 177 Å². The monoisotopic (exact) mass is 436 g/mol. The molecular weight excluding hydrogens is 415 g/mol. The van der Waals surface area contributed by atoms with E-state index in [1.807, 2.05) is 4.57 Å². The lowest BCUT2D eigenvalue weighted by molar-refractivity contribution is 0.269. The molecule has 2 aromatic heterocycles. The lowest BCUT2D eigenvalue weighted by Gasteiger charge is -2.34. The molecule has 0 saturated carbocycles. The minimum absolute atomic E-state index is 0.277. The Morgan fingerprint density at radius 3 is 2.38 bits per heavy atom. The summed E-state index contributed by atoms with van der Waals surface area (Å²) in [7, 11) is 1.60. The van der Waals surface area contributed by atoms with Gasteiger partial charge in [0, 0.05) is 48.8 Å². The molecule has 1 aromatic carbocycles. The molecule has 0 bridgehead atoms. The van der Waals surface area contributed by atoms with Crippen LogP contribution in [0.5, 0.6) is 0 Å². The van der Waals surface area contributed by atoms with Crippen molar-refractivity contribution in [1.82, 2.24) is 24.0 Å². The lowest BCUT2D eigenvalue weighted by Crippen LogP contribution is -2.47. The summed E-state index contributed by atoms with van der Waals surface area (Å²) in [5.41, 5.74) is 0.408. The van der Waals surface area contributed by atoms with Gasteiger partial charge in [-0.05, 0) is 18.7 Å². The number of fused-ring (bicyclic) bond motifs is 1. The maximum atomic E-state index is 12.7. The number of rotatable bonds is 4. The number of aryl methyl sites for hydroxylation is 1. The number of likely N-dealkylation sites (N-methyl/N-ethyl adjacent to an activating group) is 1. The van der Waals surface area contributed by atoms with Gasteiger partial charge in [0.25, 0.3) is 5.56 Å². The highest BCUT2D eigenvalue weighted by atomic mass is 35.5. The molecule has 1 N–H and O–H groups in total. The smallest absolute Gasteiger partial charge is 0.329 e. The molecule has 1 fully saturated rings. The summed E-state index contributed by atoms with van der Waals surface area (Å²) < 4.78 is 3.16. The summed E-state index contributed by atoms with van der Waals surface area (Å²) in [6, 6.07) is 5.31. The van der Waals surface area contributed by atoms with Crippen LogP contribution in [0.4, 0.5) is 5.95 Å². The minimum Gasteiger partial charge on any atom is -0.340 e. The maximum Gasteiger partial charge on any atom is 0.329 e. The van der Waals surface area contributed by atoms with Gasteiger partial charge in [-0.25, -0.2) is 4.79 Å². The van der Waals surface area contributed by atoms with Crippen molar-refractivity contribution < 1.29 is 0 Å². The molecular formula is C19H22Cl2N6O2. The van der Waals surface area contributed by atoms with Gasteiger partial charge >= 0.3 is 5.69 Å². The Morgan fingerprint density at radius 1 is 1.10 bits per heavy atom. The first-order valence-electron chi connectivity index (χ1n) is 9.50. The van der Waals surface area contributed by atoms with Crippen molar-refractivity contribution in [2.24, 2.45) is 7.05 Å². The normalized spacial score (nSPS) is 15.4. The summed E-state index contributed by atoms with van der Waals surface area (Å²) in [6.07, 6.45) is 0. The van der Waals surface area contributed by atoms with Gasteiger partial charge in [0.05, 0.1) is 6.54 Å². The number of hydrogen-bond donors (Lipinski definition) is 1. The first-order chi connectivity index (χ1) is 13.9. The third-order valence-corrected chi connectivity index (χ3v) is 6.18. The average molecular weight is 437 g/mol.